The third-order valence-corrected chi connectivity index (χ3v) is 7.51. The average molecular weight is 541 g/mol. The second-order valence-corrected chi connectivity index (χ2v) is 10.4. The highest BCUT2D eigenvalue weighted by molar-refractivity contribution is 6.00. The number of H-pyrrole nitrogens is 1. The van der Waals surface area contributed by atoms with Gasteiger partial charge in [-0.15, -0.1) is 0 Å². The number of benzene rings is 2. The smallest absolute Gasteiger partial charge is 0.407 e. The van der Waals surface area contributed by atoms with Crippen molar-refractivity contribution >= 4 is 22.9 Å². The highest BCUT2D eigenvalue weighted by atomic mass is 16.4. The van der Waals surface area contributed by atoms with Gasteiger partial charge in [-0.05, 0) is 113 Å². The molecule has 7 heteroatoms. The lowest BCUT2D eigenvalue weighted by molar-refractivity contribution is 0.0773. The van der Waals surface area contributed by atoms with Gasteiger partial charge < -0.3 is 19.9 Å². The van der Waals surface area contributed by atoms with Crippen LogP contribution in [0, 0.1) is 13.8 Å². The van der Waals surface area contributed by atoms with Crippen molar-refractivity contribution in [1.82, 2.24) is 19.8 Å². The van der Waals surface area contributed by atoms with Crippen LogP contribution in [0.15, 0.2) is 60.9 Å². The highest BCUT2D eigenvalue weighted by Gasteiger charge is 2.20. The van der Waals surface area contributed by atoms with Crippen LogP contribution in [0.1, 0.15) is 59.3 Å². The fourth-order valence-corrected chi connectivity index (χ4v) is 5.43. The number of carboxylic acid groups (broad SMARTS) is 1. The fourth-order valence-electron chi connectivity index (χ4n) is 5.43. The summed E-state index contributed by atoms with van der Waals surface area (Å²) in [6.07, 6.45) is 5.80. The van der Waals surface area contributed by atoms with Crippen LogP contribution < -0.4 is 0 Å². The van der Waals surface area contributed by atoms with Gasteiger partial charge in [0, 0.05) is 60.7 Å². The summed E-state index contributed by atoms with van der Waals surface area (Å²) in [5.41, 5.74) is 8.23. The molecule has 210 valence electrons. The first-order valence-electron chi connectivity index (χ1n) is 14.2. The minimum Gasteiger partial charge on any atom is -0.465 e. The average Bonchev–Trinajstić information content (AvgIpc) is 3.31. The van der Waals surface area contributed by atoms with Crippen molar-refractivity contribution in [1.29, 1.82) is 0 Å². The number of aromatic amines is 1. The van der Waals surface area contributed by atoms with Crippen molar-refractivity contribution in [3.05, 3.63) is 88.7 Å². The molecule has 0 saturated heterocycles. The molecule has 0 aliphatic carbocycles. The van der Waals surface area contributed by atoms with Gasteiger partial charge in [-0.25, -0.2) is 4.79 Å². The van der Waals surface area contributed by atoms with E-state index in [2.05, 4.69) is 42.0 Å². The van der Waals surface area contributed by atoms with Crippen LogP contribution in [0.2, 0.25) is 0 Å². The Bertz CT molecular complexity index is 1440. The fraction of sp³-hybridized carbons (Fsp3) is 0.364. The van der Waals surface area contributed by atoms with Crippen molar-refractivity contribution < 1.29 is 14.7 Å². The molecule has 0 radical (unpaired) electrons. The number of nitrogens with one attached hydrogen (secondary N) is 1. The van der Waals surface area contributed by atoms with E-state index >= 15 is 0 Å². The second-order valence-electron chi connectivity index (χ2n) is 10.4. The Labute approximate surface area is 236 Å². The van der Waals surface area contributed by atoms with Gasteiger partial charge >= 0.3 is 6.09 Å². The quantitative estimate of drug-likeness (QED) is 0.192. The lowest BCUT2D eigenvalue weighted by Gasteiger charge is -2.20. The Kier molecular flexibility index (Phi) is 9.59. The molecule has 4 rings (SSSR count). The van der Waals surface area contributed by atoms with Gasteiger partial charge in [0.25, 0.3) is 5.91 Å². The first kappa shape index (κ1) is 28.9. The van der Waals surface area contributed by atoms with Crippen LogP contribution in [-0.4, -0.2) is 63.1 Å². The molecule has 0 spiro atoms. The van der Waals surface area contributed by atoms with Crippen LogP contribution in [0.4, 0.5) is 4.79 Å². The number of nitrogens with zero attached hydrogens (tertiary/aromatic N) is 3. The zero-order chi connectivity index (χ0) is 28.6. The number of aryl methyl sites for hydroxylation is 3. The van der Waals surface area contributed by atoms with Crippen molar-refractivity contribution in [3.63, 3.8) is 0 Å². The van der Waals surface area contributed by atoms with Gasteiger partial charge in [-0.3, -0.25) is 9.78 Å². The first-order valence-corrected chi connectivity index (χ1v) is 14.2. The lowest BCUT2D eigenvalue weighted by atomic mass is 9.98. The van der Waals surface area contributed by atoms with Crippen LogP contribution >= 0.6 is 0 Å². The van der Waals surface area contributed by atoms with Crippen molar-refractivity contribution in [2.24, 2.45) is 0 Å². The second kappa shape index (κ2) is 13.3. The number of hydrogen-bond donors (Lipinski definition) is 2. The Morgan fingerprint density at radius 3 is 2.20 bits per heavy atom. The molecule has 0 fully saturated rings. The summed E-state index contributed by atoms with van der Waals surface area (Å²) < 4.78 is 0. The summed E-state index contributed by atoms with van der Waals surface area (Å²) in [6.45, 7) is 10.3. The van der Waals surface area contributed by atoms with Gasteiger partial charge in [-0.1, -0.05) is 17.2 Å². The molecule has 0 aliphatic rings. The van der Waals surface area contributed by atoms with Crippen molar-refractivity contribution in [2.45, 2.75) is 53.4 Å². The normalized spacial score (nSPS) is 11.1. The van der Waals surface area contributed by atoms with E-state index in [1.54, 1.807) is 12.4 Å². The summed E-state index contributed by atoms with van der Waals surface area (Å²) in [5.74, 6) is 0.00774. The molecule has 2 amide bonds. The number of carbonyl (C=O) groups is 2. The molecule has 0 bridgehead atoms. The van der Waals surface area contributed by atoms with Crippen molar-refractivity contribution in [3.8, 4) is 11.3 Å². The summed E-state index contributed by atoms with van der Waals surface area (Å²) in [6, 6.07) is 16.3. The third kappa shape index (κ3) is 6.89. The zero-order valence-corrected chi connectivity index (χ0v) is 24.0. The predicted molar refractivity (Wildman–Crippen MR) is 161 cm³/mol. The maximum atomic E-state index is 13.2. The maximum absolute atomic E-state index is 13.2. The molecule has 0 atom stereocenters. The lowest BCUT2D eigenvalue weighted by Crippen LogP contribution is -2.32. The van der Waals surface area contributed by atoms with E-state index in [0.29, 0.717) is 38.2 Å². The number of aromatic nitrogens is 2. The monoisotopic (exact) mass is 540 g/mol. The van der Waals surface area contributed by atoms with Crippen molar-refractivity contribution in [2.75, 3.05) is 26.2 Å². The molecule has 2 N–H and O–H groups in total. The van der Waals surface area contributed by atoms with E-state index in [4.69, 9.17) is 0 Å². The molecule has 7 nitrogen and oxygen atoms in total. The molecule has 0 unspecified atom stereocenters. The Balaban J connectivity index is 1.61. The van der Waals surface area contributed by atoms with E-state index in [9.17, 15) is 14.7 Å². The molecule has 0 aliphatic heterocycles. The van der Waals surface area contributed by atoms with E-state index in [1.807, 2.05) is 49.1 Å². The zero-order valence-electron chi connectivity index (χ0n) is 24.0. The Morgan fingerprint density at radius 2 is 1.55 bits per heavy atom. The SMILES string of the molecule is CCN(CC)C(=O)c1ccc2[nH]c(-c3cc(C)cc(C)c3)c(CCN(CCCCc3ccncc3)C(=O)O)c2c1. The van der Waals surface area contributed by atoms with E-state index in [1.165, 1.54) is 21.6 Å². The largest absolute Gasteiger partial charge is 0.465 e. The standard InChI is InChI=1S/C33H40N4O3/c1-5-36(6-2)32(38)26-10-11-30-29(22-26)28(31(35-30)27-20-23(3)19-24(4)21-27)14-18-37(33(39)40)17-8-7-9-25-12-15-34-16-13-25/h10-13,15-16,19-22,35H,5-9,14,17-18H2,1-4H3,(H,39,40). The third-order valence-electron chi connectivity index (χ3n) is 7.51. The van der Waals surface area contributed by atoms with Gasteiger partial charge in [0.2, 0.25) is 0 Å². The molecular weight excluding hydrogens is 500 g/mol. The molecule has 4 aromatic rings. The van der Waals surface area contributed by atoms with E-state index in [-0.39, 0.29) is 5.91 Å². The molecule has 40 heavy (non-hydrogen) atoms. The molecular formula is C33H40N4O3. The van der Waals surface area contributed by atoms with Gasteiger partial charge in [0.15, 0.2) is 0 Å². The molecule has 2 heterocycles. The highest BCUT2D eigenvalue weighted by Crippen LogP contribution is 2.33. The summed E-state index contributed by atoms with van der Waals surface area (Å²) in [5, 5.41) is 11.0. The van der Waals surface area contributed by atoms with E-state index < -0.39 is 6.09 Å². The first-order chi connectivity index (χ1) is 19.3. The maximum Gasteiger partial charge on any atom is 0.407 e. The number of pyridine rings is 1. The topological polar surface area (TPSA) is 89.5 Å². The number of unbranched alkanes of at least 4 members (excludes halogenated alkanes) is 1. The summed E-state index contributed by atoms with van der Waals surface area (Å²) >= 11 is 0. The number of hydrogen-bond acceptors (Lipinski definition) is 3. The van der Waals surface area contributed by atoms with Crippen LogP contribution in [0.25, 0.3) is 22.2 Å². The van der Waals surface area contributed by atoms with Gasteiger partial charge in [0.1, 0.15) is 0 Å². The number of fused-ring (bicyclic) bond motifs is 1. The van der Waals surface area contributed by atoms with Crippen LogP contribution in [0.3, 0.4) is 0 Å². The number of amides is 2. The summed E-state index contributed by atoms with van der Waals surface area (Å²) in [4.78, 5) is 36.3. The molecule has 0 saturated carbocycles. The number of carbonyl (C=O) groups excluding carboxylic acids is 1. The number of rotatable bonds is 12. The van der Waals surface area contributed by atoms with Crippen LogP contribution in [0.5, 0.6) is 0 Å². The Morgan fingerprint density at radius 1 is 0.850 bits per heavy atom. The summed E-state index contributed by atoms with van der Waals surface area (Å²) in [7, 11) is 0. The molecule has 2 aromatic carbocycles. The van der Waals surface area contributed by atoms with Gasteiger partial charge in [-0.2, -0.15) is 0 Å². The van der Waals surface area contributed by atoms with Gasteiger partial charge in [0.05, 0.1) is 0 Å². The minimum absolute atomic E-state index is 0.00774. The van der Waals surface area contributed by atoms with Crippen LogP contribution in [-0.2, 0) is 12.8 Å². The molecule has 2 aromatic heterocycles. The minimum atomic E-state index is -0.908. The van der Waals surface area contributed by atoms with E-state index in [0.717, 1.165) is 47.0 Å². The Hall–Kier alpha value is -4.13. The predicted octanol–water partition coefficient (Wildman–Crippen LogP) is 6.87.